The lowest BCUT2D eigenvalue weighted by atomic mass is 10.1. The van der Waals surface area contributed by atoms with Gasteiger partial charge >= 0.3 is 5.97 Å². The summed E-state index contributed by atoms with van der Waals surface area (Å²) in [4.78, 5) is 127. The van der Waals surface area contributed by atoms with Gasteiger partial charge in [0.1, 0.15) is 13.3 Å². The van der Waals surface area contributed by atoms with Crippen molar-refractivity contribution in [3.63, 3.8) is 0 Å². The summed E-state index contributed by atoms with van der Waals surface area (Å²) in [6.07, 6.45) is 8.02. The number of carboxylic acids is 1. The first-order chi connectivity index (χ1) is 24.8. The Hall–Kier alpha value is -5.82. The van der Waals surface area contributed by atoms with Crippen molar-refractivity contribution in [2.45, 2.75) is 50.3 Å². The zero-order valence-electron chi connectivity index (χ0n) is 28.0. The average molecular weight is 727 g/mol. The van der Waals surface area contributed by atoms with Crippen molar-refractivity contribution < 1.29 is 62.5 Å². The molecule has 0 saturated heterocycles. The maximum Gasteiger partial charge on any atom is 0.329 e. The number of carboxylic acid groups (broad SMARTS) is 1. The Morgan fingerprint density at radius 1 is 0.692 bits per heavy atom. The van der Waals surface area contributed by atoms with E-state index in [1.165, 1.54) is 17.1 Å². The first-order valence-electron chi connectivity index (χ1n) is 16.4. The predicted octanol–water partition coefficient (Wildman–Crippen LogP) is -2.48. The van der Waals surface area contributed by atoms with E-state index < -0.39 is 78.0 Å². The molecule has 278 valence electrons. The van der Waals surface area contributed by atoms with Gasteiger partial charge in [-0.1, -0.05) is 6.08 Å². The molecule has 0 radical (unpaired) electrons. The van der Waals surface area contributed by atoms with Crippen molar-refractivity contribution in [3.8, 4) is 0 Å². The molecule has 4 aliphatic rings. The Kier molecular flexibility index (Phi) is 13.8. The van der Waals surface area contributed by atoms with Crippen molar-refractivity contribution in [3.05, 3.63) is 48.6 Å². The summed E-state index contributed by atoms with van der Waals surface area (Å²) in [5.41, 5.74) is 0. The second-order valence-corrected chi connectivity index (χ2v) is 12.0. The summed E-state index contributed by atoms with van der Waals surface area (Å²) >= 11 is 0. The molecular weight excluding hydrogens is 688 g/mol. The van der Waals surface area contributed by atoms with Gasteiger partial charge in [0, 0.05) is 75.0 Å². The Morgan fingerprint density at radius 2 is 1.21 bits per heavy atom. The van der Waals surface area contributed by atoms with E-state index in [2.05, 4.69) is 10.6 Å². The highest BCUT2D eigenvalue weighted by atomic mass is 16.5. The monoisotopic (exact) mass is 726 g/mol. The minimum atomic E-state index is -1.27. The van der Waals surface area contributed by atoms with Gasteiger partial charge in [-0.3, -0.25) is 57.9 Å². The van der Waals surface area contributed by atoms with Gasteiger partial charge in [0.05, 0.1) is 31.3 Å². The highest BCUT2D eigenvalue weighted by molar-refractivity contribution is 6.15. The standard InChI is InChI=1S/C33H38N6O13/c40-24(5-3-21(38-29(45)9-10-30(38)46)17-36-20-51-15-1-2-26(36)42)34-14-13-23(52-19-33(49)50)16-35-25(41)6-4-22(39-31(47)11-12-32(39)48)18-37-27(43)7-8-28(37)44/h1-2,7-12,21-23H,3-6,13-20H2,(H,34,40)(H,35,41)(H,49,50). The number of imide groups is 3. The molecule has 0 aromatic carbocycles. The molecule has 0 spiro atoms. The molecule has 0 saturated carbocycles. The van der Waals surface area contributed by atoms with Crippen molar-refractivity contribution in [1.29, 1.82) is 0 Å². The van der Waals surface area contributed by atoms with Gasteiger partial charge in [-0.05, 0) is 19.3 Å². The van der Waals surface area contributed by atoms with Crippen molar-refractivity contribution in [2.75, 3.05) is 46.1 Å². The van der Waals surface area contributed by atoms with Gasteiger partial charge in [0.15, 0.2) is 0 Å². The van der Waals surface area contributed by atoms with Crippen LogP contribution < -0.4 is 10.6 Å². The van der Waals surface area contributed by atoms with Gasteiger partial charge in [0.25, 0.3) is 35.4 Å². The van der Waals surface area contributed by atoms with E-state index in [1.807, 2.05) is 0 Å². The lowest BCUT2D eigenvalue weighted by Crippen LogP contribution is -2.49. The molecule has 9 amide bonds. The van der Waals surface area contributed by atoms with Crippen LogP contribution in [0.3, 0.4) is 0 Å². The second-order valence-electron chi connectivity index (χ2n) is 12.0. The van der Waals surface area contributed by atoms with E-state index in [9.17, 15) is 47.9 Å². The summed E-state index contributed by atoms with van der Waals surface area (Å²) < 4.78 is 10.7. The summed E-state index contributed by atoms with van der Waals surface area (Å²) in [6, 6.07) is -1.82. The molecule has 19 nitrogen and oxygen atoms in total. The van der Waals surface area contributed by atoms with Gasteiger partial charge in [-0.25, -0.2) is 4.79 Å². The number of amides is 9. The van der Waals surface area contributed by atoms with Crippen LogP contribution in [0, 0.1) is 0 Å². The minimum Gasteiger partial charge on any atom is -0.480 e. The van der Waals surface area contributed by atoms with E-state index in [1.54, 1.807) is 0 Å². The number of carbonyl (C=O) groups is 10. The molecule has 3 N–H and O–H groups in total. The molecule has 52 heavy (non-hydrogen) atoms. The Morgan fingerprint density at radius 3 is 1.77 bits per heavy atom. The fraction of sp³-hybridized carbons (Fsp3) is 0.455. The van der Waals surface area contributed by atoms with Crippen LogP contribution in [0.25, 0.3) is 0 Å². The third-order valence-corrected chi connectivity index (χ3v) is 8.34. The van der Waals surface area contributed by atoms with E-state index >= 15 is 0 Å². The van der Waals surface area contributed by atoms with Crippen molar-refractivity contribution >= 4 is 59.1 Å². The smallest absolute Gasteiger partial charge is 0.329 e. The Labute approximate surface area is 296 Å². The number of nitrogens with zero attached hydrogens (tertiary/aromatic N) is 4. The Bertz CT molecular complexity index is 1560. The molecule has 0 fully saturated rings. The largest absolute Gasteiger partial charge is 0.480 e. The van der Waals surface area contributed by atoms with Crippen LogP contribution in [-0.4, -0.2) is 148 Å². The Balaban J connectivity index is 1.27. The molecule has 0 aromatic rings. The van der Waals surface area contributed by atoms with Crippen molar-refractivity contribution in [2.24, 2.45) is 0 Å². The summed E-state index contributed by atoms with van der Waals surface area (Å²) in [5, 5.41) is 14.4. The van der Waals surface area contributed by atoms with Gasteiger partial charge in [-0.15, -0.1) is 0 Å². The van der Waals surface area contributed by atoms with Crippen LogP contribution in [0.4, 0.5) is 0 Å². The molecule has 4 heterocycles. The lowest BCUT2D eigenvalue weighted by Gasteiger charge is -2.31. The highest BCUT2D eigenvalue weighted by Crippen LogP contribution is 2.19. The highest BCUT2D eigenvalue weighted by Gasteiger charge is 2.36. The number of rotatable bonds is 20. The summed E-state index contributed by atoms with van der Waals surface area (Å²) in [6.45, 7) is -1.10. The van der Waals surface area contributed by atoms with Crippen LogP contribution >= 0.6 is 0 Å². The predicted molar refractivity (Wildman–Crippen MR) is 174 cm³/mol. The van der Waals surface area contributed by atoms with Crippen LogP contribution in [0.1, 0.15) is 32.1 Å². The van der Waals surface area contributed by atoms with Crippen LogP contribution in [-0.2, 0) is 57.4 Å². The SMILES string of the molecule is O=C(O)COC(CCNC(=O)CCC(CN1COCC=CC1=O)N1C(=O)C=CC1=O)CNC(=O)CCC(CN1C(=O)C=CC1=O)N1C(=O)C=CC1=O. The third-order valence-electron chi connectivity index (χ3n) is 8.34. The average Bonchev–Trinajstić information content (AvgIpc) is 3.67. The maximum atomic E-state index is 12.8. The first-order valence-corrected chi connectivity index (χ1v) is 16.4. The van der Waals surface area contributed by atoms with E-state index in [0.717, 1.165) is 51.2 Å². The number of aliphatic carboxylic acids is 1. The number of hydrogen-bond acceptors (Lipinski definition) is 12. The van der Waals surface area contributed by atoms with Crippen LogP contribution in [0.5, 0.6) is 0 Å². The van der Waals surface area contributed by atoms with Gasteiger partial charge < -0.3 is 30.1 Å². The third kappa shape index (κ3) is 10.8. The normalized spacial score (nSPS) is 18.9. The molecule has 3 atom stereocenters. The minimum absolute atomic E-state index is 0.00375. The quantitative estimate of drug-likeness (QED) is 0.110. The first kappa shape index (κ1) is 39.0. The zero-order valence-corrected chi connectivity index (χ0v) is 28.0. The number of hydrogen-bond donors (Lipinski definition) is 3. The van der Waals surface area contributed by atoms with Crippen molar-refractivity contribution in [1.82, 2.24) is 30.2 Å². The molecule has 0 aliphatic carbocycles. The van der Waals surface area contributed by atoms with Gasteiger partial charge in [0.2, 0.25) is 17.7 Å². The molecule has 19 heteroatoms. The van der Waals surface area contributed by atoms with E-state index in [-0.39, 0.29) is 77.5 Å². The second kappa shape index (κ2) is 18.4. The molecule has 4 rings (SSSR count). The topological polar surface area (TPSA) is 246 Å². The van der Waals surface area contributed by atoms with E-state index in [4.69, 9.17) is 14.6 Å². The zero-order chi connectivity index (χ0) is 37.8. The maximum absolute atomic E-state index is 12.8. The van der Waals surface area contributed by atoms with E-state index in [0.29, 0.717) is 0 Å². The van der Waals surface area contributed by atoms with Crippen LogP contribution in [0.2, 0.25) is 0 Å². The molecule has 0 aromatic heterocycles. The fourth-order valence-electron chi connectivity index (χ4n) is 5.72. The summed E-state index contributed by atoms with van der Waals surface area (Å²) in [7, 11) is 0. The molecule has 4 aliphatic heterocycles. The molecule has 3 unspecified atom stereocenters. The summed E-state index contributed by atoms with van der Waals surface area (Å²) in [5.74, 6) is -6.37. The number of carbonyl (C=O) groups excluding carboxylic acids is 9. The number of ether oxygens (including phenoxy) is 2. The molecule has 0 bridgehead atoms. The number of nitrogens with one attached hydrogen (secondary N) is 2. The van der Waals surface area contributed by atoms with Crippen LogP contribution in [0.15, 0.2) is 48.6 Å². The lowest BCUT2D eigenvalue weighted by molar-refractivity contribution is -0.145. The van der Waals surface area contributed by atoms with Gasteiger partial charge in [-0.2, -0.15) is 0 Å². The molecular formula is C33H38N6O13. The fourth-order valence-corrected chi connectivity index (χ4v) is 5.72.